The molecule has 0 radical (unpaired) electrons. The quantitative estimate of drug-likeness (QED) is 0.903. The molecule has 4 rings (SSSR count). The zero-order chi connectivity index (χ0) is 17.3. The molecule has 0 atom stereocenters. The fourth-order valence-corrected chi connectivity index (χ4v) is 3.80. The number of likely N-dealkylation sites (tertiary alicyclic amines) is 1. The third kappa shape index (κ3) is 2.89. The van der Waals surface area contributed by atoms with E-state index in [4.69, 9.17) is 10.5 Å². The summed E-state index contributed by atoms with van der Waals surface area (Å²) in [6, 6.07) is 8.25. The van der Waals surface area contributed by atoms with Gasteiger partial charge in [0.25, 0.3) is 5.91 Å². The number of hydrogen-bond donors (Lipinski definition) is 1. The molecule has 7 nitrogen and oxygen atoms in total. The van der Waals surface area contributed by atoms with Crippen LogP contribution in [0.1, 0.15) is 35.3 Å². The molecule has 1 spiro atoms. The number of carbonyl (C=O) groups is 1. The van der Waals surface area contributed by atoms with Crippen LogP contribution in [0.25, 0.3) is 0 Å². The van der Waals surface area contributed by atoms with Gasteiger partial charge in [-0.3, -0.25) is 9.48 Å². The van der Waals surface area contributed by atoms with Crippen molar-refractivity contribution in [2.45, 2.75) is 31.2 Å². The monoisotopic (exact) mass is 341 g/mol. The predicted molar refractivity (Wildman–Crippen MR) is 92.4 cm³/mol. The Balaban J connectivity index is 1.42. The lowest BCUT2D eigenvalue weighted by molar-refractivity contribution is 0.0640. The highest BCUT2D eigenvalue weighted by atomic mass is 16.5. The second kappa shape index (κ2) is 6.48. The van der Waals surface area contributed by atoms with Gasteiger partial charge in [-0.2, -0.15) is 0 Å². The van der Waals surface area contributed by atoms with Gasteiger partial charge < -0.3 is 15.4 Å². The number of para-hydroxylation sites is 1. The van der Waals surface area contributed by atoms with Crippen molar-refractivity contribution in [3.8, 4) is 5.75 Å². The third-order valence-electron chi connectivity index (χ3n) is 5.32. The molecule has 0 aliphatic carbocycles. The summed E-state index contributed by atoms with van der Waals surface area (Å²) < 4.78 is 7.56. The molecule has 7 heteroatoms. The van der Waals surface area contributed by atoms with E-state index in [0.29, 0.717) is 38.5 Å². The summed E-state index contributed by atoms with van der Waals surface area (Å²) in [6.07, 6.45) is 4.37. The van der Waals surface area contributed by atoms with Crippen molar-refractivity contribution in [1.29, 1.82) is 0 Å². The molecule has 1 aromatic heterocycles. The van der Waals surface area contributed by atoms with Crippen molar-refractivity contribution < 1.29 is 9.53 Å². The van der Waals surface area contributed by atoms with Crippen molar-refractivity contribution in [1.82, 2.24) is 19.9 Å². The van der Waals surface area contributed by atoms with Crippen molar-refractivity contribution >= 4 is 5.91 Å². The summed E-state index contributed by atoms with van der Waals surface area (Å²) in [5.41, 5.74) is 7.25. The number of fused-ring (bicyclic) bond motifs is 2. The lowest BCUT2D eigenvalue weighted by Crippen LogP contribution is -2.46. The molecule has 1 aromatic carbocycles. The van der Waals surface area contributed by atoms with Crippen LogP contribution in [0, 0.1) is 0 Å². The summed E-state index contributed by atoms with van der Waals surface area (Å²) in [6.45, 7) is 3.43. The summed E-state index contributed by atoms with van der Waals surface area (Å²) in [5.74, 6) is 0.950. The lowest BCUT2D eigenvalue weighted by atomic mass is 9.74. The summed E-state index contributed by atoms with van der Waals surface area (Å²) in [4.78, 5) is 14.6. The molecule has 1 fully saturated rings. The molecule has 25 heavy (non-hydrogen) atoms. The van der Waals surface area contributed by atoms with E-state index in [1.807, 2.05) is 17.0 Å². The number of benzene rings is 1. The molecule has 2 aliphatic heterocycles. The van der Waals surface area contributed by atoms with Gasteiger partial charge in [-0.25, -0.2) is 0 Å². The normalized spacial score (nSPS) is 18.2. The SMILES string of the molecule is NCCCn1cc(C(=O)N2CCC3(CC2)COc2ccccc23)nn1. The first-order valence-electron chi connectivity index (χ1n) is 8.84. The Kier molecular flexibility index (Phi) is 4.17. The van der Waals surface area contributed by atoms with Crippen molar-refractivity contribution in [2.75, 3.05) is 26.2 Å². The van der Waals surface area contributed by atoms with E-state index in [-0.39, 0.29) is 11.3 Å². The van der Waals surface area contributed by atoms with Gasteiger partial charge in [0.2, 0.25) is 0 Å². The van der Waals surface area contributed by atoms with Crippen molar-refractivity contribution in [3.05, 3.63) is 41.7 Å². The van der Waals surface area contributed by atoms with Gasteiger partial charge in [0.05, 0.1) is 12.8 Å². The van der Waals surface area contributed by atoms with Crippen LogP contribution in [0.3, 0.4) is 0 Å². The van der Waals surface area contributed by atoms with Gasteiger partial charge in [-0.1, -0.05) is 23.4 Å². The molecule has 2 N–H and O–H groups in total. The number of nitrogens with two attached hydrogens (primary N) is 1. The molecule has 1 saturated heterocycles. The van der Waals surface area contributed by atoms with Crippen molar-refractivity contribution in [2.24, 2.45) is 5.73 Å². The minimum absolute atomic E-state index is 0.0407. The molecule has 132 valence electrons. The van der Waals surface area contributed by atoms with Crippen LogP contribution in [0.15, 0.2) is 30.5 Å². The van der Waals surface area contributed by atoms with E-state index >= 15 is 0 Å². The molecular formula is C18H23N5O2. The van der Waals surface area contributed by atoms with Crippen LogP contribution in [0.4, 0.5) is 0 Å². The highest BCUT2D eigenvalue weighted by Crippen LogP contribution is 2.45. The molecule has 0 saturated carbocycles. The summed E-state index contributed by atoms with van der Waals surface area (Å²) in [5, 5.41) is 8.04. The number of piperidine rings is 1. The summed E-state index contributed by atoms with van der Waals surface area (Å²) >= 11 is 0. The largest absolute Gasteiger partial charge is 0.492 e. The second-order valence-electron chi connectivity index (χ2n) is 6.87. The van der Waals surface area contributed by atoms with E-state index < -0.39 is 0 Å². The second-order valence-corrected chi connectivity index (χ2v) is 6.87. The predicted octanol–water partition coefficient (Wildman–Crippen LogP) is 1.19. The van der Waals surface area contributed by atoms with Gasteiger partial charge >= 0.3 is 0 Å². The summed E-state index contributed by atoms with van der Waals surface area (Å²) in [7, 11) is 0. The van der Waals surface area contributed by atoms with Crippen LogP contribution in [-0.2, 0) is 12.0 Å². The first-order valence-corrected chi connectivity index (χ1v) is 8.84. The fraction of sp³-hybridized carbons (Fsp3) is 0.500. The molecular weight excluding hydrogens is 318 g/mol. The lowest BCUT2D eigenvalue weighted by Gasteiger charge is -2.38. The Hall–Kier alpha value is -2.41. The minimum Gasteiger partial charge on any atom is -0.492 e. The zero-order valence-electron chi connectivity index (χ0n) is 14.2. The Morgan fingerprint density at radius 1 is 1.28 bits per heavy atom. The van der Waals surface area contributed by atoms with Crippen LogP contribution in [0.2, 0.25) is 0 Å². The Bertz CT molecular complexity index is 764. The number of rotatable bonds is 4. The van der Waals surface area contributed by atoms with E-state index in [1.165, 1.54) is 5.56 Å². The molecule has 3 heterocycles. The molecule has 0 bridgehead atoms. The zero-order valence-corrected chi connectivity index (χ0v) is 14.2. The minimum atomic E-state index is -0.0407. The number of amides is 1. The van der Waals surface area contributed by atoms with Crippen molar-refractivity contribution in [3.63, 3.8) is 0 Å². The first kappa shape index (κ1) is 16.1. The van der Waals surface area contributed by atoms with E-state index in [9.17, 15) is 4.79 Å². The maximum absolute atomic E-state index is 12.7. The molecule has 1 amide bonds. The number of aryl methyl sites for hydroxylation is 1. The number of ether oxygens (including phenoxy) is 1. The van der Waals surface area contributed by atoms with E-state index in [0.717, 1.165) is 25.0 Å². The Labute approximate surface area is 146 Å². The smallest absolute Gasteiger partial charge is 0.276 e. The molecule has 2 aromatic rings. The number of hydrogen-bond acceptors (Lipinski definition) is 5. The van der Waals surface area contributed by atoms with Crippen LogP contribution in [0.5, 0.6) is 5.75 Å². The van der Waals surface area contributed by atoms with E-state index in [1.54, 1.807) is 10.9 Å². The molecule has 2 aliphatic rings. The average Bonchev–Trinajstić information content (AvgIpc) is 3.26. The highest BCUT2D eigenvalue weighted by molar-refractivity contribution is 5.92. The number of aromatic nitrogens is 3. The van der Waals surface area contributed by atoms with E-state index in [2.05, 4.69) is 22.4 Å². The maximum atomic E-state index is 12.7. The van der Waals surface area contributed by atoms with Gasteiger partial charge in [-0.05, 0) is 31.9 Å². The topological polar surface area (TPSA) is 86.3 Å². The number of carbonyl (C=O) groups excluding carboxylic acids is 1. The highest BCUT2D eigenvalue weighted by Gasteiger charge is 2.43. The van der Waals surface area contributed by atoms with Crippen LogP contribution >= 0.6 is 0 Å². The number of nitrogens with zero attached hydrogens (tertiary/aromatic N) is 4. The Morgan fingerprint density at radius 2 is 2.08 bits per heavy atom. The van der Waals surface area contributed by atoms with Gasteiger partial charge in [0.1, 0.15) is 5.75 Å². The fourth-order valence-electron chi connectivity index (χ4n) is 3.80. The Morgan fingerprint density at radius 3 is 2.88 bits per heavy atom. The van der Waals surface area contributed by atoms with Gasteiger partial charge in [0.15, 0.2) is 5.69 Å². The third-order valence-corrected chi connectivity index (χ3v) is 5.32. The first-order chi connectivity index (χ1) is 12.2. The van der Waals surface area contributed by atoms with Gasteiger partial charge in [0, 0.05) is 30.6 Å². The average molecular weight is 341 g/mol. The van der Waals surface area contributed by atoms with Crippen LogP contribution < -0.4 is 10.5 Å². The standard InChI is InChI=1S/C18H23N5O2/c19-8-3-9-23-12-15(20-21-23)17(24)22-10-6-18(7-11-22)13-25-16-5-2-1-4-14(16)18/h1-2,4-5,12H,3,6-11,13,19H2. The maximum Gasteiger partial charge on any atom is 0.276 e. The van der Waals surface area contributed by atoms with Crippen LogP contribution in [-0.4, -0.2) is 52.0 Å². The van der Waals surface area contributed by atoms with Gasteiger partial charge in [-0.15, -0.1) is 5.10 Å². The molecule has 0 unspecified atom stereocenters.